The number of allylic oxidation sites excluding steroid dienone is 6. The van der Waals surface area contributed by atoms with Gasteiger partial charge in [-0.2, -0.15) is 0 Å². The largest absolute Gasteiger partial charge is 0.469 e. The van der Waals surface area contributed by atoms with Gasteiger partial charge in [0.2, 0.25) is 0 Å². The number of aliphatic hydroxyl groups is 3. The number of aliphatic hydroxyl groups excluding tert-OH is 3. The Morgan fingerprint density at radius 3 is 2.12 bits per heavy atom. The molecule has 0 bridgehead atoms. The van der Waals surface area contributed by atoms with E-state index in [0.717, 1.165) is 19.3 Å². The van der Waals surface area contributed by atoms with Gasteiger partial charge in [0.1, 0.15) is 0 Å². The number of hydrogen-bond donors (Lipinski definition) is 3. The smallest absolute Gasteiger partial charge is 0.305 e. The third-order valence-corrected chi connectivity index (χ3v) is 3.80. The summed E-state index contributed by atoms with van der Waals surface area (Å²) in [4.78, 5) is 10.9. The molecule has 26 heavy (non-hydrogen) atoms. The van der Waals surface area contributed by atoms with Crippen molar-refractivity contribution in [2.24, 2.45) is 0 Å². The van der Waals surface area contributed by atoms with Crippen molar-refractivity contribution in [1.29, 1.82) is 0 Å². The van der Waals surface area contributed by atoms with Crippen LogP contribution in [0.1, 0.15) is 51.9 Å². The topological polar surface area (TPSA) is 87.0 Å². The second-order valence-corrected chi connectivity index (χ2v) is 6.13. The summed E-state index contributed by atoms with van der Waals surface area (Å²) in [5.74, 6) is -0.266. The van der Waals surface area contributed by atoms with Gasteiger partial charge in [0.25, 0.3) is 0 Å². The van der Waals surface area contributed by atoms with Crippen molar-refractivity contribution in [2.45, 2.75) is 70.2 Å². The van der Waals surface area contributed by atoms with Gasteiger partial charge in [-0.15, -0.1) is 0 Å². The first kappa shape index (κ1) is 24.3. The Kier molecular flexibility index (Phi) is 15.7. The summed E-state index contributed by atoms with van der Waals surface area (Å²) in [5.41, 5.74) is 0. The van der Waals surface area contributed by atoms with Crippen molar-refractivity contribution in [2.75, 3.05) is 7.11 Å². The lowest BCUT2D eigenvalue weighted by molar-refractivity contribution is -0.140. The molecule has 0 aliphatic carbocycles. The molecule has 0 aromatic carbocycles. The molecule has 0 saturated heterocycles. The molecule has 0 aliphatic heterocycles. The van der Waals surface area contributed by atoms with Crippen molar-refractivity contribution in [3.63, 3.8) is 0 Å². The number of unbranched alkanes of at least 4 members (excludes halogenated alkanes) is 2. The summed E-state index contributed by atoms with van der Waals surface area (Å²) >= 11 is 0. The van der Waals surface area contributed by atoms with Gasteiger partial charge in [-0.25, -0.2) is 0 Å². The summed E-state index contributed by atoms with van der Waals surface area (Å²) in [6, 6.07) is 0. The van der Waals surface area contributed by atoms with Crippen molar-refractivity contribution >= 4 is 5.97 Å². The highest BCUT2D eigenvalue weighted by atomic mass is 16.5. The molecular formula is C21H34O5. The fourth-order valence-electron chi connectivity index (χ4n) is 2.18. The van der Waals surface area contributed by atoms with Crippen LogP contribution in [-0.2, 0) is 9.53 Å². The molecule has 0 amide bonds. The van der Waals surface area contributed by atoms with Crippen LogP contribution in [0.15, 0.2) is 48.6 Å². The lowest BCUT2D eigenvalue weighted by Gasteiger charge is -2.13. The van der Waals surface area contributed by atoms with E-state index >= 15 is 0 Å². The van der Waals surface area contributed by atoms with Crippen LogP contribution in [0.4, 0.5) is 0 Å². The van der Waals surface area contributed by atoms with Gasteiger partial charge in [0.05, 0.1) is 25.4 Å². The summed E-state index contributed by atoms with van der Waals surface area (Å²) in [6.45, 7) is 2.10. The lowest BCUT2D eigenvalue weighted by Crippen LogP contribution is -2.23. The van der Waals surface area contributed by atoms with Crippen LogP contribution in [0, 0.1) is 0 Å². The van der Waals surface area contributed by atoms with Gasteiger partial charge in [-0.3, -0.25) is 4.79 Å². The van der Waals surface area contributed by atoms with Crippen LogP contribution in [0.3, 0.4) is 0 Å². The third kappa shape index (κ3) is 14.6. The number of methoxy groups -OCH3 is 1. The Morgan fingerprint density at radius 2 is 1.50 bits per heavy atom. The zero-order valence-electron chi connectivity index (χ0n) is 16.0. The van der Waals surface area contributed by atoms with Crippen LogP contribution in [0.2, 0.25) is 0 Å². The van der Waals surface area contributed by atoms with E-state index in [0.29, 0.717) is 25.7 Å². The van der Waals surface area contributed by atoms with Crippen LogP contribution >= 0.6 is 0 Å². The Hall–Kier alpha value is -1.69. The van der Waals surface area contributed by atoms with E-state index in [1.54, 1.807) is 48.6 Å². The molecule has 0 aromatic rings. The minimum absolute atomic E-state index is 0.266. The average molecular weight is 366 g/mol. The summed E-state index contributed by atoms with van der Waals surface area (Å²) < 4.78 is 4.53. The molecule has 5 heteroatoms. The molecule has 5 nitrogen and oxygen atoms in total. The molecule has 0 fully saturated rings. The van der Waals surface area contributed by atoms with E-state index in [1.807, 2.05) is 0 Å². The first-order chi connectivity index (χ1) is 12.5. The first-order valence-electron chi connectivity index (χ1n) is 9.30. The van der Waals surface area contributed by atoms with Gasteiger partial charge in [-0.05, 0) is 19.3 Å². The molecule has 0 unspecified atom stereocenters. The minimum atomic E-state index is -0.847. The fraction of sp³-hybridized carbons (Fsp3) is 0.571. The van der Waals surface area contributed by atoms with Crippen molar-refractivity contribution < 1.29 is 24.9 Å². The Morgan fingerprint density at radius 1 is 0.885 bits per heavy atom. The molecule has 0 radical (unpaired) electrons. The molecule has 0 heterocycles. The molecule has 0 rings (SSSR count). The zero-order valence-corrected chi connectivity index (χ0v) is 16.0. The van der Waals surface area contributed by atoms with E-state index in [2.05, 4.69) is 11.7 Å². The number of ether oxygens (including phenoxy) is 1. The van der Waals surface area contributed by atoms with Gasteiger partial charge in [0.15, 0.2) is 0 Å². The van der Waals surface area contributed by atoms with E-state index in [1.165, 1.54) is 7.11 Å². The number of rotatable bonds is 14. The summed E-state index contributed by atoms with van der Waals surface area (Å²) in [6.07, 6.45) is 16.7. The lowest BCUT2D eigenvalue weighted by atomic mass is 10.1. The van der Waals surface area contributed by atoms with Crippen LogP contribution < -0.4 is 0 Å². The molecule has 0 saturated carbocycles. The average Bonchev–Trinajstić information content (AvgIpc) is 2.63. The maximum atomic E-state index is 10.9. The molecule has 148 valence electrons. The van der Waals surface area contributed by atoms with E-state index in [9.17, 15) is 20.1 Å². The van der Waals surface area contributed by atoms with Gasteiger partial charge >= 0.3 is 5.97 Å². The highest BCUT2D eigenvalue weighted by Crippen LogP contribution is 2.07. The monoisotopic (exact) mass is 366 g/mol. The second kappa shape index (κ2) is 16.8. The predicted molar refractivity (Wildman–Crippen MR) is 105 cm³/mol. The molecule has 0 spiro atoms. The number of hydrogen-bond acceptors (Lipinski definition) is 5. The van der Waals surface area contributed by atoms with E-state index < -0.39 is 18.3 Å². The molecule has 3 atom stereocenters. The minimum Gasteiger partial charge on any atom is -0.469 e. The molecular weight excluding hydrogens is 332 g/mol. The second-order valence-electron chi connectivity index (χ2n) is 6.13. The summed E-state index contributed by atoms with van der Waals surface area (Å²) in [7, 11) is 1.35. The highest BCUT2D eigenvalue weighted by molar-refractivity contribution is 5.68. The van der Waals surface area contributed by atoms with Gasteiger partial charge < -0.3 is 20.1 Å². The molecule has 0 aliphatic rings. The van der Waals surface area contributed by atoms with Gasteiger partial charge in [0, 0.05) is 6.42 Å². The number of carbonyl (C=O) groups is 1. The van der Waals surface area contributed by atoms with E-state index in [-0.39, 0.29) is 5.97 Å². The summed E-state index contributed by atoms with van der Waals surface area (Å²) in [5, 5.41) is 29.3. The molecule has 3 N–H and O–H groups in total. The van der Waals surface area contributed by atoms with Crippen molar-refractivity contribution in [3.05, 3.63) is 48.6 Å². The Balaban J connectivity index is 3.96. The van der Waals surface area contributed by atoms with E-state index in [4.69, 9.17) is 0 Å². The third-order valence-electron chi connectivity index (χ3n) is 3.80. The molecule has 0 aromatic heterocycles. The first-order valence-corrected chi connectivity index (χ1v) is 9.30. The van der Waals surface area contributed by atoms with Crippen LogP contribution in [0.25, 0.3) is 0 Å². The quantitative estimate of drug-likeness (QED) is 0.250. The van der Waals surface area contributed by atoms with Crippen molar-refractivity contribution in [1.82, 2.24) is 0 Å². The SMILES string of the molecule is CCCCC[C@H](O)[C@H](O)/C=C/C=C\C=C\C=C\[C@@H](O)CCCC(=O)OC. The number of esters is 1. The Labute approximate surface area is 157 Å². The van der Waals surface area contributed by atoms with Gasteiger partial charge in [-0.1, -0.05) is 74.8 Å². The Bertz CT molecular complexity index is 465. The van der Waals surface area contributed by atoms with Crippen molar-refractivity contribution in [3.8, 4) is 0 Å². The standard InChI is InChI=1S/C21H34O5/c1-3-4-9-15-19(23)20(24)16-11-8-6-5-7-10-13-18(22)14-12-17-21(25)26-2/h5-8,10-11,13,16,18-20,22-24H,3-4,9,12,14-15,17H2,1-2H3/b7-5+,8-6-,13-10+,16-11+/t18-,19+,20-/m1/s1. The normalized spacial score (nSPS) is 16.0. The van der Waals surface area contributed by atoms with Crippen LogP contribution in [-0.4, -0.2) is 46.7 Å². The fourth-order valence-corrected chi connectivity index (χ4v) is 2.18. The van der Waals surface area contributed by atoms with Crippen LogP contribution in [0.5, 0.6) is 0 Å². The predicted octanol–water partition coefficient (Wildman–Crippen LogP) is 3.22. The highest BCUT2D eigenvalue weighted by Gasteiger charge is 2.11. The zero-order chi connectivity index (χ0) is 19.6. The number of carbonyl (C=O) groups excluding carboxylic acids is 1. The maximum absolute atomic E-state index is 10.9. The maximum Gasteiger partial charge on any atom is 0.305 e.